The van der Waals surface area contributed by atoms with Gasteiger partial charge in [-0.2, -0.15) is 0 Å². The van der Waals surface area contributed by atoms with Crippen molar-refractivity contribution in [2.45, 2.75) is 19.3 Å². The lowest BCUT2D eigenvalue weighted by molar-refractivity contribution is 0.828. The molecule has 0 atom stereocenters. The Morgan fingerprint density at radius 2 is 2.00 bits per heavy atom. The minimum atomic E-state index is 1.13. The molecule has 0 radical (unpaired) electrons. The first kappa shape index (κ1) is 8.70. The summed E-state index contributed by atoms with van der Waals surface area (Å²) in [5.74, 6) is 0. The van der Waals surface area contributed by atoms with Crippen LogP contribution in [0.3, 0.4) is 0 Å². The molecule has 0 rings (SSSR count). The maximum atomic E-state index is 3.37. The molecule has 0 aromatic rings. The number of unbranched alkanes of at least 4 members (excludes halogenated alkanes) is 2. The normalized spacial score (nSPS) is 10.8. The Morgan fingerprint density at radius 1 is 1.25 bits per heavy atom. The van der Waals surface area contributed by atoms with E-state index < -0.39 is 0 Å². The summed E-state index contributed by atoms with van der Waals surface area (Å²) in [5.41, 5.74) is 0. The van der Waals surface area contributed by atoms with Crippen molar-refractivity contribution in [3.63, 3.8) is 0 Å². The van der Waals surface area contributed by atoms with Gasteiger partial charge in [0.25, 0.3) is 0 Å². The predicted molar refractivity (Wildman–Crippen MR) is 45.7 cm³/mol. The maximum absolute atomic E-state index is 3.37. The van der Waals surface area contributed by atoms with Crippen LogP contribution in [0.5, 0.6) is 0 Å². The van der Waals surface area contributed by atoms with Crippen molar-refractivity contribution >= 4 is 31.9 Å². The molecule has 0 spiro atoms. The van der Waals surface area contributed by atoms with E-state index in [1.165, 1.54) is 19.3 Å². The summed E-state index contributed by atoms with van der Waals surface area (Å²) in [7, 11) is 0. The second kappa shape index (κ2) is 7.70. The fourth-order valence-electron chi connectivity index (χ4n) is 0.420. The molecule has 0 amide bonds. The topological polar surface area (TPSA) is 0 Å². The second-order valence-electron chi connectivity index (χ2n) is 1.55. The van der Waals surface area contributed by atoms with E-state index >= 15 is 0 Å². The zero-order valence-corrected chi connectivity index (χ0v) is 7.91. The standard InChI is InChI=1S/C6H10Br2/c7-5-3-1-2-4-6-8/h3,5H,1-2,4,6H2/b5-3+. The summed E-state index contributed by atoms with van der Waals surface area (Å²) in [6.45, 7) is 0. The molecule has 0 heterocycles. The van der Waals surface area contributed by atoms with Crippen LogP contribution >= 0.6 is 31.9 Å². The van der Waals surface area contributed by atoms with Gasteiger partial charge in [0, 0.05) is 5.33 Å². The van der Waals surface area contributed by atoms with Crippen LogP contribution in [0.2, 0.25) is 0 Å². The van der Waals surface area contributed by atoms with E-state index in [0.717, 1.165) is 5.33 Å². The molecule has 0 fully saturated rings. The van der Waals surface area contributed by atoms with Crippen LogP contribution < -0.4 is 0 Å². The SMILES string of the molecule is Br/C=C/CCCCBr. The lowest BCUT2D eigenvalue weighted by atomic mass is 10.2. The van der Waals surface area contributed by atoms with E-state index in [2.05, 4.69) is 37.9 Å². The number of hydrogen-bond donors (Lipinski definition) is 0. The minimum absolute atomic E-state index is 1.13. The van der Waals surface area contributed by atoms with Crippen LogP contribution in [0.4, 0.5) is 0 Å². The molecule has 0 aromatic carbocycles. The molecule has 8 heavy (non-hydrogen) atoms. The highest BCUT2D eigenvalue weighted by Crippen LogP contribution is 1.99. The Hall–Kier alpha value is 0.700. The van der Waals surface area contributed by atoms with Gasteiger partial charge in [-0.05, 0) is 24.2 Å². The third-order valence-corrected chi connectivity index (χ3v) is 1.78. The maximum Gasteiger partial charge on any atom is 0.00314 e. The van der Waals surface area contributed by atoms with Gasteiger partial charge < -0.3 is 0 Å². The molecule has 2 heteroatoms. The van der Waals surface area contributed by atoms with Gasteiger partial charge in [-0.15, -0.1) is 0 Å². The fraction of sp³-hybridized carbons (Fsp3) is 0.667. The lowest BCUT2D eigenvalue weighted by Crippen LogP contribution is -1.72. The molecule has 0 saturated carbocycles. The Labute approximate surface area is 67.6 Å². The molecule has 0 aliphatic carbocycles. The smallest absolute Gasteiger partial charge is 0.00314 e. The zero-order valence-electron chi connectivity index (χ0n) is 4.74. The first-order valence-electron chi connectivity index (χ1n) is 2.73. The number of alkyl halides is 1. The van der Waals surface area contributed by atoms with Crippen molar-refractivity contribution in [1.82, 2.24) is 0 Å². The van der Waals surface area contributed by atoms with Gasteiger partial charge in [-0.1, -0.05) is 37.9 Å². The Morgan fingerprint density at radius 3 is 2.50 bits per heavy atom. The van der Waals surface area contributed by atoms with Crippen molar-refractivity contribution in [2.24, 2.45) is 0 Å². The summed E-state index contributed by atoms with van der Waals surface area (Å²) in [4.78, 5) is 1.92. The molecule has 48 valence electrons. The summed E-state index contributed by atoms with van der Waals surface area (Å²) < 4.78 is 0. The van der Waals surface area contributed by atoms with Crippen molar-refractivity contribution in [3.8, 4) is 0 Å². The monoisotopic (exact) mass is 240 g/mol. The number of hydrogen-bond acceptors (Lipinski definition) is 0. The van der Waals surface area contributed by atoms with Crippen molar-refractivity contribution in [3.05, 3.63) is 11.1 Å². The van der Waals surface area contributed by atoms with Crippen molar-refractivity contribution in [2.75, 3.05) is 5.33 Å². The second-order valence-corrected chi connectivity index (χ2v) is 2.87. The van der Waals surface area contributed by atoms with Gasteiger partial charge in [0.1, 0.15) is 0 Å². The average Bonchev–Trinajstić information content (AvgIpc) is 1.81. The van der Waals surface area contributed by atoms with Crippen LogP contribution in [0.1, 0.15) is 19.3 Å². The van der Waals surface area contributed by atoms with Crippen molar-refractivity contribution < 1.29 is 0 Å². The Kier molecular flexibility index (Phi) is 8.37. The van der Waals surface area contributed by atoms with Gasteiger partial charge in [0.05, 0.1) is 0 Å². The molecule has 0 saturated heterocycles. The lowest BCUT2D eigenvalue weighted by Gasteiger charge is -1.87. The molecule has 0 aromatic heterocycles. The third kappa shape index (κ3) is 6.70. The molecule has 0 nitrogen and oxygen atoms in total. The number of halogens is 2. The molecule has 0 aliphatic rings. The van der Waals surface area contributed by atoms with Gasteiger partial charge >= 0.3 is 0 Å². The summed E-state index contributed by atoms with van der Waals surface area (Å²) in [6.07, 6.45) is 5.88. The van der Waals surface area contributed by atoms with Crippen LogP contribution in [0.25, 0.3) is 0 Å². The largest absolute Gasteiger partial charge is 0.0928 e. The minimum Gasteiger partial charge on any atom is -0.0928 e. The number of allylic oxidation sites excluding steroid dienone is 1. The highest BCUT2D eigenvalue weighted by molar-refractivity contribution is 9.11. The highest BCUT2D eigenvalue weighted by Gasteiger charge is 1.79. The molecule has 0 aliphatic heterocycles. The molecule has 0 N–H and O–H groups in total. The first-order valence-corrected chi connectivity index (χ1v) is 4.76. The van der Waals surface area contributed by atoms with Crippen LogP contribution in [0.15, 0.2) is 11.1 Å². The van der Waals surface area contributed by atoms with Crippen LogP contribution in [-0.4, -0.2) is 5.33 Å². The summed E-state index contributed by atoms with van der Waals surface area (Å²) >= 11 is 6.57. The van der Waals surface area contributed by atoms with Gasteiger partial charge in [-0.3, -0.25) is 0 Å². The molecule has 0 bridgehead atoms. The van der Waals surface area contributed by atoms with Crippen LogP contribution in [0, 0.1) is 0 Å². The van der Waals surface area contributed by atoms with E-state index in [1.54, 1.807) is 0 Å². The summed E-state index contributed by atoms with van der Waals surface area (Å²) in [6, 6.07) is 0. The highest BCUT2D eigenvalue weighted by atomic mass is 79.9. The summed E-state index contributed by atoms with van der Waals surface area (Å²) in [5, 5.41) is 1.13. The Balaban J connectivity index is 2.72. The van der Waals surface area contributed by atoms with E-state index in [4.69, 9.17) is 0 Å². The van der Waals surface area contributed by atoms with Gasteiger partial charge in [-0.25, -0.2) is 0 Å². The van der Waals surface area contributed by atoms with Crippen molar-refractivity contribution in [1.29, 1.82) is 0 Å². The molecular weight excluding hydrogens is 232 g/mol. The number of rotatable bonds is 4. The molecular formula is C6H10Br2. The Bertz CT molecular complexity index is 59.5. The average molecular weight is 242 g/mol. The van der Waals surface area contributed by atoms with E-state index in [9.17, 15) is 0 Å². The van der Waals surface area contributed by atoms with Crippen LogP contribution in [-0.2, 0) is 0 Å². The van der Waals surface area contributed by atoms with E-state index in [0.29, 0.717) is 0 Å². The first-order chi connectivity index (χ1) is 3.91. The van der Waals surface area contributed by atoms with E-state index in [-0.39, 0.29) is 0 Å². The van der Waals surface area contributed by atoms with E-state index in [1.807, 2.05) is 4.99 Å². The quantitative estimate of drug-likeness (QED) is 0.523. The van der Waals surface area contributed by atoms with Gasteiger partial charge in [0.2, 0.25) is 0 Å². The zero-order chi connectivity index (χ0) is 6.24. The predicted octanol–water partition coefficient (Wildman–Crippen LogP) is 3.46. The third-order valence-electron chi connectivity index (χ3n) is 0.844. The molecule has 0 unspecified atom stereocenters. The fourth-order valence-corrected chi connectivity index (χ4v) is 1.08. The van der Waals surface area contributed by atoms with Gasteiger partial charge in [0.15, 0.2) is 0 Å².